The van der Waals surface area contributed by atoms with Crippen LogP contribution in [0.5, 0.6) is 0 Å². The number of hydrazone groups is 1. The second-order valence-electron chi connectivity index (χ2n) is 4.93. The zero-order valence-electron chi connectivity index (χ0n) is 13.1. The molecule has 0 aliphatic heterocycles. The van der Waals surface area contributed by atoms with E-state index in [-0.39, 0.29) is 12.5 Å². The highest BCUT2D eigenvalue weighted by Crippen LogP contribution is 2.12. The van der Waals surface area contributed by atoms with Crippen molar-refractivity contribution in [1.29, 1.82) is 0 Å². The van der Waals surface area contributed by atoms with E-state index in [0.29, 0.717) is 5.82 Å². The number of nitrogens with one attached hydrogen (secondary N) is 1. The fourth-order valence-corrected chi connectivity index (χ4v) is 2.84. The average molecular weight is 340 g/mol. The van der Waals surface area contributed by atoms with Gasteiger partial charge in [-0.25, -0.2) is 5.43 Å². The first-order chi connectivity index (χ1) is 11.8. The second kappa shape index (κ2) is 7.60. The molecule has 1 amide bonds. The first kappa shape index (κ1) is 16.0. The third-order valence-corrected chi connectivity index (χ3v) is 4.14. The first-order valence-corrected chi connectivity index (χ1v) is 8.36. The molecule has 7 nitrogen and oxygen atoms in total. The normalized spacial score (nSPS) is 11.5. The van der Waals surface area contributed by atoms with Crippen molar-refractivity contribution < 1.29 is 4.79 Å². The van der Waals surface area contributed by atoms with Crippen molar-refractivity contribution in [2.24, 2.45) is 5.10 Å². The average Bonchev–Trinajstić information content (AvgIpc) is 3.28. The Bertz CT molecular complexity index is 825. The molecule has 0 bridgehead atoms. The topological polar surface area (TPSA) is 85.1 Å². The molecule has 0 spiro atoms. The van der Waals surface area contributed by atoms with Crippen LogP contribution in [0.3, 0.4) is 0 Å². The van der Waals surface area contributed by atoms with Gasteiger partial charge in [-0.2, -0.15) is 9.90 Å². The van der Waals surface area contributed by atoms with Crippen LogP contribution in [-0.2, 0) is 11.3 Å². The smallest absolute Gasteiger partial charge is 0.263 e. The van der Waals surface area contributed by atoms with E-state index in [9.17, 15) is 4.79 Å². The van der Waals surface area contributed by atoms with Crippen LogP contribution in [0.2, 0.25) is 0 Å². The molecule has 24 heavy (non-hydrogen) atoms. The minimum Gasteiger partial charge on any atom is -0.271 e. The quantitative estimate of drug-likeness (QED) is 0.551. The number of carbonyl (C=O) groups excluding carboxylic acids is 1. The summed E-state index contributed by atoms with van der Waals surface area (Å²) >= 11 is 1.59. The summed E-state index contributed by atoms with van der Waals surface area (Å²) in [4.78, 5) is 14.3. The van der Waals surface area contributed by atoms with Gasteiger partial charge in [-0.1, -0.05) is 43.3 Å². The van der Waals surface area contributed by atoms with Gasteiger partial charge in [0.2, 0.25) is 5.82 Å². The minimum atomic E-state index is -0.297. The van der Waals surface area contributed by atoms with Crippen molar-refractivity contribution in [3.05, 3.63) is 52.7 Å². The van der Waals surface area contributed by atoms with Crippen LogP contribution in [0, 0.1) is 0 Å². The molecule has 1 aromatic carbocycles. The van der Waals surface area contributed by atoms with E-state index in [1.54, 1.807) is 11.3 Å². The highest BCUT2D eigenvalue weighted by molar-refractivity contribution is 7.12. The lowest BCUT2D eigenvalue weighted by Gasteiger charge is -2.02. The van der Waals surface area contributed by atoms with Crippen LogP contribution in [0.1, 0.15) is 18.2 Å². The number of hydrogen-bond donors (Lipinski definition) is 1. The molecule has 3 aromatic rings. The molecule has 0 saturated carbocycles. The summed E-state index contributed by atoms with van der Waals surface area (Å²) in [5.41, 5.74) is 4.24. The Balaban J connectivity index is 1.62. The Hall–Kier alpha value is -2.87. The maximum absolute atomic E-state index is 12.0. The third-order valence-electron chi connectivity index (χ3n) is 3.23. The lowest BCUT2D eigenvalue weighted by molar-refractivity contribution is -0.122. The number of nitrogens with zero attached hydrogens (tertiary/aromatic N) is 5. The summed E-state index contributed by atoms with van der Waals surface area (Å²) < 4.78 is 0. The number of aromatic nitrogens is 4. The van der Waals surface area contributed by atoms with Crippen LogP contribution >= 0.6 is 11.3 Å². The third kappa shape index (κ3) is 3.90. The summed E-state index contributed by atoms with van der Waals surface area (Å²) in [5.74, 6) is 0.189. The van der Waals surface area contributed by atoms with E-state index in [0.717, 1.165) is 22.6 Å². The second-order valence-corrected chi connectivity index (χ2v) is 5.88. The lowest BCUT2D eigenvalue weighted by Crippen LogP contribution is -2.25. The Morgan fingerprint density at radius 1 is 1.25 bits per heavy atom. The molecule has 0 radical (unpaired) electrons. The van der Waals surface area contributed by atoms with Gasteiger partial charge >= 0.3 is 0 Å². The van der Waals surface area contributed by atoms with Gasteiger partial charge in [-0.3, -0.25) is 4.79 Å². The van der Waals surface area contributed by atoms with Gasteiger partial charge < -0.3 is 0 Å². The Morgan fingerprint density at radius 2 is 2.08 bits per heavy atom. The van der Waals surface area contributed by atoms with Crippen LogP contribution in [0.4, 0.5) is 0 Å². The molecule has 0 unspecified atom stereocenters. The number of benzene rings is 1. The van der Waals surface area contributed by atoms with Crippen molar-refractivity contribution in [2.75, 3.05) is 0 Å². The maximum Gasteiger partial charge on any atom is 0.263 e. The zero-order valence-corrected chi connectivity index (χ0v) is 13.9. The molecule has 0 saturated heterocycles. The molecule has 122 valence electrons. The molecule has 2 heterocycles. The van der Waals surface area contributed by atoms with E-state index in [4.69, 9.17) is 0 Å². The molecule has 0 atom stereocenters. The fourth-order valence-electron chi connectivity index (χ4n) is 2.06. The summed E-state index contributed by atoms with van der Waals surface area (Å²) in [6, 6.07) is 13.4. The highest BCUT2D eigenvalue weighted by atomic mass is 32.1. The Labute approximate surface area is 143 Å². The fraction of sp³-hybridized carbons (Fsp3) is 0.188. The van der Waals surface area contributed by atoms with Gasteiger partial charge in [-0.15, -0.1) is 21.5 Å². The summed E-state index contributed by atoms with van der Waals surface area (Å²) in [6.07, 6.45) is 0.737. The monoisotopic (exact) mass is 340 g/mol. The van der Waals surface area contributed by atoms with Crippen molar-refractivity contribution in [2.45, 2.75) is 19.9 Å². The van der Waals surface area contributed by atoms with Gasteiger partial charge in [0, 0.05) is 5.56 Å². The van der Waals surface area contributed by atoms with Crippen molar-refractivity contribution >= 4 is 23.0 Å². The highest BCUT2D eigenvalue weighted by Gasteiger charge is 2.09. The number of thiophene rings is 1. The van der Waals surface area contributed by atoms with Crippen molar-refractivity contribution in [3.63, 3.8) is 0 Å². The minimum absolute atomic E-state index is 0.0369. The van der Waals surface area contributed by atoms with Gasteiger partial charge in [0.05, 0.1) is 10.6 Å². The molecule has 0 aliphatic carbocycles. The van der Waals surface area contributed by atoms with Crippen LogP contribution < -0.4 is 5.43 Å². The molecule has 1 N–H and O–H groups in total. The molecule has 0 aliphatic rings. The van der Waals surface area contributed by atoms with Crippen LogP contribution in [0.15, 0.2) is 52.9 Å². The van der Waals surface area contributed by atoms with Crippen molar-refractivity contribution in [3.8, 4) is 11.4 Å². The van der Waals surface area contributed by atoms with Crippen LogP contribution in [-0.4, -0.2) is 31.8 Å². The number of amides is 1. The number of rotatable bonds is 6. The van der Waals surface area contributed by atoms with Gasteiger partial charge in [0.25, 0.3) is 5.91 Å². The Kier molecular flexibility index (Phi) is 5.07. The number of tetrazole rings is 1. The van der Waals surface area contributed by atoms with E-state index in [1.807, 2.05) is 54.8 Å². The SMILES string of the molecule is CC/C(=N/NC(=O)Cn1nnc(-c2ccccc2)n1)c1cccs1. The van der Waals surface area contributed by atoms with Gasteiger partial charge in [0.1, 0.15) is 6.54 Å². The van der Waals surface area contributed by atoms with Crippen molar-refractivity contribution in [1.82, 2.24) is 25.6 Å². The summed E-state index contributed by atoms with van der Waals surface area (Å²) in [5, 5.41) is 18.2. The summed E-state index contributed by atoms with van der Waals surface area (Å²) in [6.45, 7) is 1.96. The van der Waals surface area contributed by atoms with E-state index in [2.05, 4.69) is 25.9 Å². The van der Waals surface area contributed by atoms with E-state index in [1.165, 1.54) is 4.80 Å². The van der Waals surface area contributed by atoms with E-state index >= 15 is 0 Å². The largest absolute Gasteiger partial charge is 0.271 e. The van der Waals surface area contributed by atoms with Gasteiger partial charge in [0.15, 0.2) is 0 Å². The predicted molar refractivity (Wildman–Crippen MR) is 92.5 cm³/mol. The predicted octanol–water partition coefficient (Wildman–Crippen LogP) is 2.33. The van der Waals surface area contributed by atoms with Crippen LogP contribution in [0.25, 0.3) is 11.4 Å². The van der Waals surface area contributed by atoms with Gasteiger partial charge in [-0.05, 0) is 23.1 Å². The maximum atomic E-state index is 12.0. The molecular weight excluding hydrogens is 324 g/mol. The Morgan fingerprint density at radius 3 is 2.79 bits per heavy atom. The number of hydrogen-bond acceptors (Lipinski definition) is 6. The summed E-state index contributed by atoms with van der Waals surface area (Å²) in [7, 11) is 0. The molecular formula is C16H16N6OS. The first-order valence-electron chi connectivity index (χ1n) is 7.48. The lowest BCUT2D eigenvalue weighted by atomic mass is 10.2. The molecule has 3 rings (SSSR count). The zero-order chi connectivity index (χ0) is 16.8. The molecule has 8 heteroatoms. The van der Waals surface area contributed by atoms with E-state index < -0.39 is 0 Å². The number of carbonyl (C=O) groups is 1. The standard InChI is InChI=1S/C16H16N6OS/c1-2-13(14-9-6-10-24-14)17-18-15(23)11-22-20-16(19-21-22)12-7-4-3-5-8-12/h3-10H,2,11H2,1H3,(H,18,23)/b17-13-. The molecule has 0 fully saturated rings. The molecule has 2 aromatic heterocycles.